The molecule has 0 spiro atoms. The summed E-state index contributed by atoms with van der Waals surface area (Å²) in [4.78, 5) is 13.4. The largest absolute Gasteiger partial charge is 0.451 e. The maximum atomic E-state index is 13.8. The molecule has 14 heteroatoms. The monoisotopic (exact) mass is 537 g/mol. The van der Waals surface area contributed by atoms with E-state index in [4.69, 9.17) is 16.7 Å². The number of H-pyrrole nitrogens is 1. The number of halogens is 5. The van der Waals surface area contributed by atoms with Crippen LogP contribution in [0.15, 0.2) is 63.1 Å². The van der Waals surface area contributed by atoms with Gasteiger partial charge in [-0.05, 0) is 28.1 Å². The number of anilines is 1. The predicted octanol–water partition coefficient (Wildman–Crippen LogP) is 5.23. The van der Waals surface area contributed by atoms with Gasteiger partial charge in [0.25, 0.3) is 0 Å². The van der Waals surface area contributed by atoms with Crippen molar-refractivity contribution in [1.29, 1.82) is 10.9 Å². The van der Waals surface area contributed by atoms with Gasteiger partial charge in [0.2, 0.25) is 5.82 Å². The minimum absolute atomic E-state index is 0.0257. The fourth-order valence-electron chi connectivity index (χ4n) is 2.89. The van der Waals surface area contributed by atoms with Crippen LogP contribution in [0.2, 0.25) is 0 Å². The minimum Gasteiger partial charge on any atom is -0.382 e. The molecule has 3 aromatic rings. The molecule has 0 aliphatic carbocycles. The molecule has 0 aliphatic heterocycles. The second-order valence-corrected chi connectivity index (χ2v) is 7.45. The van der Waals surface area contributed by atoms with Crippen molar-refractivity contribution in [1.82, 2.24) is 15.0 Å². The third kappa shape index (κ3) is 5.51. The zero-order valence-electron chi connectivity index (χ0n) is 17.1. The lowest BCUT2D eigenvalue weighted by Crippen LogP contribution is -2.15. The van der Waals surface area contributed by atoms with Crippen molar-refractivity contribution < 1.29 is 17.6 Å². The molecule has 0 aliphatic rings. The van der Waals surface area contributed by atoms with E-state index in [-0.39, 0.29) is 34.9 Å². The number of allylic oxidation sites excluding steroid dienone is 1. The first-order valence-corrected chi connectivity index (χ1v) is 10.1. The second kappa shape index (κ2) is 10.3. The Morgan fingerprint density at radius 3 is 2.50 bits per heavy atom. The maximum Gasteiger partial charge on any atom is 0.451 e. The lowest BCUT2D eigenvalue weighted by Gasteiger charge is -2.07. The van der Waals surface area contributed by atoms with Crippen molar-refractivity contribution in [3.8, 4) is 11.1 Å². The van der Waals surface area contributed by atoms with E-state index in [2.05, 4.69) is 46.3 Å². The Balaban J connectivity index is 2.01. The molecule has 0 atom stereocenters. The van der Waals surface area contributed by atoms with Crippen LogP contribution >= 0.6 is 15.9 Å². The van der Waals surface area contributed by atoms with Crippen molar-refractivity contribution in [2.45, 2.75) is 12.6 Å². The number of aromatic nitrogens is 3. The number of aliphatic imine (C=N–C) groups is 1. The molecule has 9 nitrogen and oxygen atoms in total. The summed E-state index contributed by atoms with van der Waals surface area (Å²) in [6.07, 6.45) is -0.658. The first kappa shape index (κ1) is 24.7. The van der Waals surface area contributed by atoms with Gasteiger partial charge < -0.3 is 16.0 Å². The van der Waals surface area contributed by atoms with Gasteiger partial charge in [-0.1, -0.05) is 12.1 Å². The number of nitrogens with one attached hydrogen (secondary N) is 4. The van der Waals surface area contributed by atoms with E-state index in [1.54, 1.807) is 6.07 Å². The summed E-state index contributed by atoms with van der Waals surface area (Å²) < 4.78 is 52.8. The number of rotatable bonds is 8. The van der Waals surface area contributed by atoms with Gasteiger partial charge in [-0.2, -0.15) is 18.3 Å². The number of alkyl halides is 3. The Bertz CT molecular complexity index is 1260. The maximum absolute atomic E-state index is 13.8. The average Bonchev–Trinajstić information content (AvgIpc) is 3.13. The number of aromatic amines is 1. The molecule has 6 N–H and O–H groups in total. The molecule has 176 valence electrons. The summed E-state index contributed by atoms with van der Waals surface area (Å²) >= 11 is 3.39. The molecular formula is C20H16BrF4N9. The van der Waals surface area contributed by atoms with Crippen LogP contribution in [0.1, 0.15) is 17.2 Å². The normalized spacial score (nSPS) is 12.5. The Morgan fingerprint density at radius 2 is 1.91 bits per heavy atom. The zero-order chi connectivity index (χ0) is 24.9. The van der Waals surface area contributed by atoms with Crippen LogP contribution in [0.25, 0.3) is 11.1 Å². The Labute approximate surface area is 198 Å². The number of para-hydroxylation sites is 1. The third-order valence-electron chi connectivity index (χ3n) is 4.43. The molecule has 1 aromatic carbocycles. The van der Waals surface area contributed by atoms with Gasteiger partial charge >= 0.3 is 6.18 Å². The van der Waals surface area contributed by atoms with Crippen molar-refractivity contribution in [3.05, 3.63) is 76.1 Å². The van der Waals surface area contributed by atoms with Crippen LogP contribution < -0.4 is 11.1 Å². The highest BCUT2D eigenvalue weighted by molar-refractivity contribution is 9.10. The van der Waals surface area contributed by atoms with Crippen LogP contribution in [0.4, 0.5) is 23.2 Å². The summed E-state index contributed by atoms with van der Waals surface area (Å²) in [5.41, 5.74) is 14.9. The summed E-state index contributed by atoms with van der Waals surface area (Å²) in [5, 5.41) is 13.3. The van der Waals surface area contributed by atoms with Crippen molar-refractivity contribution in [3.63, 3.8) is 0 Å². The van der Waals surface area contributed by atoms with E-state index in [0.29, 0.717) is 22.1 Å². The highest BCUT2D eigenvalue weighted by Crippen LogP contribution is 2.36. The molecule has 0 fully saturated rings. The fourth-order valence-corrected chi connectivity index (χ4v) is 3.56. The first-order chi connectivity index (χ1) is 16.2. The molecule has 34 heavy (non-hydrogen) atoms. The minimum atomic E-state index is -4.71. The standard InChI is InChI=1S/C20H16BrF4N9/c21-16-14(5-11(34-28)8-29-13-4-2-1-3-12(13)22)33-17(18(27)32-9-26)15(16)10-6-30-19(31-7-10)20(23,24)25/h1-4,6-9,28-29,33H,5H2,(H3,26,27,32)/b11-8-,34-28?. The molecule has 0 saturated heterocycles. The van der Waals surface area contributed by atoms with Crippen LogP contribution in [0.3, 0.4) is 0 Å². The van der Waals surface area contributed by atoms with E-state index in [1.165, 1.54) is 24.4 Å². The molecule has 0 bridgehead atoms. The van der Waals surface area contributed by atoms with E-state index in [0.717, 1.165) is 12.4 Å². The molecular weight excluding hydrogens is 522 g/mol. The number of nitrogens with zero attached hydrogens (tertiary/aromatic N) is 4. The molecule has 2 aromatic heterocycles. The number of amidine groups is 1. The van der Waals surface area contributed by atoms with Gasteiger partial charge in [-0.15, -0.1) is 0 Å². The summed E-state index contributed by atoms with van der Waals surface area (Å²) in [6, 6.07) is 5.94. The van der Waals surface area contributed by atoms with Crippen molar-refractivity contribution in [2.24, 2.45) is 15.8 Å². The molecule has 0 saturated carbocycles. The smallest absolute Gasteiger partial charge is 0.382 e. The summed E-state index contributed by atoms with van der Waals surface area (Å²) in [6.45, 7) is 0. The molecule has 0 unspecified atom stereocenters. The summed E-state index contributed by atoms with van der Waals surface area (Å²) in [7, 11) is 0. The van der Waals surface area contributed by atoms with Gasteiger partial charge in [0.05, 0.1) is 17.1 Å². The lowest BCUT2D eigenvalue weighted by atomic mass is 10.1. The number of hydrogen-bond donors (Lipinski definition) is 5. The van der Waals surface area contributed by atoms with Gasteiger partial charge in [-0.25, -0.2) is 24.9 Å². The van der Waals surface area contributed by atoms with Crippen LogP contribution in [0, 0.1) is 16.8 Å². The number of benzene rings is 1. The highest BCUT2D eigenvalue weighted by Gasteiger charge is 2.34. The van der Waals surface area contributed by atoms with Crippen molar-refractivity contribution >= 4 is 33.8 Å². The molecule has 3 rings (SSSR count). The quantitative estimate of drug-likeness (QED) is 0.115. The molecule has 0 amide bonds. The van der Waals surface area contributed by atoms with E-state index >= 15 is 0 Å². The highest BCUT2D eigenvalue weighted by atomic mass is 79.9. The van der Waals surface area contributed by atoms with Gasteiger partial charge in [0.1, 0.15) is 18.0 Å². The summed E-state index contributed by atoms with van der Waals surface area (Å²) in [5.74, 6) is -1.91. The number of hydrogen-bond acceptors (Lipinski definition) is 6. The van der Waals surface area contributed by atoms with Gasteiger partial charge in [-0.3, -0.25) is 5.41 Å². The SMILES string of the molecule is N=C/N=C(/N)c1[nH]c(C/C(=C/Nc2ccccc2F)N=N)c(Br)c1-c1cnc(C(F)(F)F)nc1. The fraction of sp³-hybridized carbons (Fsp3) is 0.100. The Morgan fingerprint density at radius 1 is 1.24 bits per heavy atom. The average molecular weight is 538 g/mol. The second-order valence-electron chi connectivity index (χ2n) is 6.65. The van der Waals surface area contributed by atoms with E-state index < -0.39 is 17.8 Å². The third-order valence-corrected chi connectivity index (χ3v) is 5.31. The zero-order valence-corrected chi connectivity index (χ0v) is 18.7. The molecule has 2 heterocycles. The van der Waals surface area contributed by atoms with Crippen LogP contribution in [-0.2, 0) is 12.6 Å². The van der Waals surface area contributed by atoms with Crippen LogP contribution in [0.5, 0.6) is 0 Å². The number of nitrogens with two attached hydrogens (primary N) is 1. The van der Waals surface area contributed by atoms with Gasteiger partial charge in [0, 0.05) is 46.3 Å². The van der Waals surface area contributed by atoms with Crippen molar-refractivity contribution in [2.75, 3.05) is 5.32 Å². The lowest BCUT2D eigenvalue weighted by molar-refractivity contribution is -0.144. The molecule has 0 radical (unpaired) electrons. The topological polar surface area (TPSA) is 152 Å². The Kier molecular flexibility index (Phi) is 7.50. The van der Waals surface area contributed by atoms with E-state index in [1.807, 2.05) is 0 Å². The predicted molar refractivity (Wildman–Crippen MR) is 121 cm³/mol. The van der Waals surface area contributed by atoms with Gasteiger partial charge in [0.15, 0.2) is 0 Å². The first-order valence-electron chi connectivity index (χ1n) is 9.35. The van der Waals surface area contributed by atoms with Crippen LogP contribution in [-0.4, -0.2) is 27.1 Å². The Hall–Kier alpha value is -3.94. The van der Waals surface area contributed by atoms with E-state index in [9.17, 15) is 17.6 Å².